The van der Waals surface area contributed by atoms with E-state index < -0.39 is 0 Å². The Hall–Kier alpha value is -2.47. The summed E-state index contributed by atoms with van der Waals surface area (Å²) in [6.07, 6.45) is 1.74. The first-order chi connectivity index (χ1) is 12.7. The van der Waals surface area contributed by atoms with E-state index in [-0.39, 0.29) is 11.6 Å². The van der Waals surface area contributed by atoms with Crippen LogP contribution in [0.3, 0.4) is 0 Å². The van der Waals surface area contributed by atoms with Crippen molar-refractivity contribution >= 4 is 27.9 Å². The van der Waals surface area contributed by atoms with Crippen molar-refractivity contribution in [1.29, 1.82) is 0 Å². The number of fused-ring (bicyclic) bond motifs is 1. The van der Waals surface area contributed by atoms with E-state index >= 15 is 0 Å². The second kappa shape index (κ2) is 7.41. The molecule has 2 aromatic heterocycles. The van der Waals surface area contributed by atoms with E-state index in [0.29, 0.717) is 16.5 Å². The molecule has 1 unspecified atom stereocenters. The lowest BCUT2D eigenvalue weighted by molar-refractivity contribution is 0.596. The number of nitrogens with one attached hydrogen (secondary N) is 1. The summed E-state index contributed by atoms with van der Waals surface area (Å²) in [4.78, 5) is 17.4. The van der Waals surface area contributed by atoms with Gasteiger partial charge in [0.05, 0.1) is 11.7 Å². The maximum atomic E-state index is 12.2. The molecule has 130 valence electrons. The van der Waals surface area contributed by atoms with E-state index in [4.69, 9.17) is 11.6 Å². The van der Waals surface area contributed by atoms with Crippen LogP contribution in [0.4, 0.5) is 0 Å². The van der Waals surface area contributed by atoms with Crippen LogP contribution >= 0.6 is 22.9 Å². The largest absolute Gasteiger partial charge is 0.301 e. The van der Waals surface area contributed by atoms with Crippen LogP contribution < -0.4 is 10.9 Å². The standard InChI is InChI=1S/C20H16ClN3OS/c21-16-8-4-7-15(11-16)19(14-5-2-1-3-6-14)22-13-17-12-18(25)24-9-10-26-20(24)23-17/h1-12,19,22H,13H2. The summed E-state index contributed by atoms with van der Waals surface area (Å²) < 4.78 is 1.56. The lowest BCUT2D eigenvalue weighted by Crippen LogP contribution is -2.24. The fraction of sp³-hybridized carbons (Fsp3) is 0.100. The minimum absolute atomic E-state index is 0.0431. The smallest absolute Gasteiger partial charge is 0.258 e. The molecule has 0 saturated carbocycles. The molecular formula is C20H16ClN3OS. The molecule has 0 fully saturated rings. The molecule has 1 N–H and O–H groups in total. The highest BCUT2D eigenvalue weighted by Crippen LogP contribution is 2.24. The molecule has 4 rings (SSSR count). The van der Waals surface area contributed by atoms with Crippen molar-refractivity contribution in [2.75, 3.05) is 0 Å². The van der Waals surface area contributed by atoms with Crippen molar-refractivity contribution in [2.45, 2.75) is 12.6 Å². The highest BCUT2D eigenvalue weighted by Gasteiger charge is 2.14. The van der Waals surface area contributed by atoms with E-state index in [2.05, 4.69) is 22.4 Å². The van der Waals surface area contributed by atoms with Crippen LogP contribution in [0.5, 0.6) is 0 Å². The van der Waals surface area contributed by atoms with Crippen molar-refractivity contribution in [3.05, 3.63) is 104 Å². The number of rotatable bonds is 5. The predicted molar refractivity (Wildman–Crippen MR) is 106 cm³/mol. The summed E-state index contributed by atoms with van der Waals surface area (Å²) in [5.74, 6) is 0. The van der Waals surface area contributed by atoms with Gasteiger partial charge in [-0.15, -0.1) is 11.3 Å². The third-order valence-corrected chi connectivity index (χ3v) is 5.15. The van der Waals surface area contributed by atoms with Crippen LogP contribution in [0.2, 0.25) is 5.02 Å². The molecule has 0 spiro atoms. The van der Waals surface area contributed by atoms with Gasteiger partial charge >= 0.3 is 0 Å². The van der Waals surface area contributed by atoms with Gasteiger partial charge in [-0.05, 0) is 23.3 Å². The normalized spacial score (nSPS) is 12.3. The quantitative estimate of drug-likeness (QED) is 0.561. The molecule has 2 aromatic carbocycles. The molecule has 0 radical (unpaired) electrons. The van der Waals surface area contributed by atoms with Gasteiger partial charge < -0.3 is 5.32 Å². The van der Waals surface area contributed by atoms with Gasteiger partial charge in [-0.1, -0.05) is 54.1 Å². The fourth-order valence-electron chi connectivity index (χ4n) is 2.94. The second-order valence-corrected chi connectivity index (χ2v) is 7.23. The molecule has 2 heterocycles. The monoisotopic (exact) mass is 381 g/mol. The molecule has 26 heavy (non-hydrogen) atoms. The number of thiazole rings is 1. The number of benzene rings is 2. The number of nitrogens with zero attached hydrogens (tertiary/aromatic N) is 2. The molecule has 0 bridgehead atoms. The predicted octanol–water partition coefficient (Wildman–Crippen LogP) is 4.29. The van der Waals surface area contributed by atoms with E-state index in [1.54, 1.807) is 16.7 Å². The van der Waals surface area contributed by atoms with Crippen LogP contribution in [0.25, 0.3) is 4.96 Å². The Morgan fingerprint density at radius 1 is 1.08 bits per heavy atom. The molecule has 0 amide bonds. The topological polar surface area (TPSA) is 46.4 Å². The van der Waals surface area contributed by atoms with Gasteiger partial charge in [0, 0.05) is 29.2 Å². The molecule has 0 saturated heterocycles. The average molecular weight is 382 g/mol. The molecule has 6 heteroatoms. The highest BCUT2D eigenvalue weighted by atomic mass is 35.5. The van der Waals surface area contributed by atoms with Gasteiger partial charge in [-0.2, -0.15) is 0 Å². The molecule has 0 aliphatic rings. The van der Waals surface area contributed by atoms with Crippen molar-refractivity contribution in [2.24, 2.45) is 0 Å². The molecule has 4 aromatic rings. The third kappa shape index (κ3) is 3.55. The maximum Gasteiger partial charge on any atom is 0.258 e. The van der Waals surface area contributed by atoms with Crippen LogP contribution in [0, 0.1) is 0 Å². The first kappa shape index (κ1) is 17.0. The van der Waals surface area contributed by atoms with E-state index in [1.165, 1.54) is 11.3 Å². The second-order valence-electron chi connectivity index (χ2n) is 5.92. The summed E-state index contributed by atoms with van der Waals surface area (Å²) in [5.41, 5.74) is 2.86. The Morgan fingerprint density at radius 3 is 2.69 bits per heavy atom. The Kier molecular flexibility index (Phi) is 4.84. The van der Waals surface area contributed by atoms with Gasteiger partial charge in [0.1, 0.15) is 0 Å². The zero-order valence-corrected chi connectivity index (χ0v) is 15.4. The van der Waals surface area contributed by atoms with Crippen molar-refractivity contribution in [3.63, 3.8) is 0 Å². The van der Waals surface area contributed by atoms with Crippen LogP contribution in [0.1, 0.15) is 22.9 Å². The Balaban J connectivity index is 1.65. The van der Waals surface area contributed by atoms with Gasteiger partial charge in [-0.3, -0.25) is 9.20 Å². The van der Waals surface area contributed by atoms with Crippen molar-refractivity contribution < 1.29 is 0 Å². The first-order valence-corrected chi connectivity index (χ1v) is 9.46. The first-order valence-electron chi connectivity index (χ1n) is 8.20. The van der Waals surface area contributed by atoms with E-state index in [1.807, 2.05) is 47.8 Å². The SMILES string of the molecule is O=c1cc(CNC(c2ccccc2)c2cccc(Cl)c2)nc2sccn12. The fourth-order valence-corrected chi connectivity index (χ4v) is 3.88. The minimum Gasteiger partial charge on any atom is -0.301 e. The molecule has 0 aliphatic carbocycles. The van der Waals surface area contributed by atoms with E-state index in [0.717, 1.165) is 16.8 Å². The summed E-state index contributed by atoms with van der Waals surface area (Å²) in [6.45, 7) is 0.482. The third-order valence-electron chi connectivity index (χ3n) is 4.16. The Labute approximate surface area is 159 Å². The maximum absolute atomic E-state index is 12.2. The highest BCUT2D eigenvalue weighted by molar-refractivity contribution is 7.15. The molecule has 1 atom stereocenters. The summed E-state index contributed by atoms with van der Waals surface area (Å²) in [6, 6.07) is 19.5. The zero-order valence-electron chi connectivity index (χ0n) is 13.8. The lowest BCUT2D eigenvalue weighted by atomic mass is 9.98. The van der Waals surface area contributed by atoms with Crippen LogP contribution in [0.15, 0.2) is 77.0 Å². The van der Waals surface area contributed by atoms with E-state index in [9.17, 15) is 4.79 Å². The molecule has 4 nitrogen and oxygen atoms in total. The number of aromatic nitrogens is 2. The molecule has 0 aliphatic heterocycles. The summed E-state index contributed by atoms with van der Waals surface area (Å²) in [7, 11) is 0. The van der Waals surface area contributed by atoms with Crippen molar-refractivity contribution in [1.82, 2.24) is 14.7 Å². The lowest BCUT2D eigenvalue weighted by Gasteiger charge is -2.20. The average Bonchev–Trinajstić information content (AvgIpc) is 3.12. The number of hydrogen-bond acceptors (Lipinski definition) is 4. The van der Waals surface area contributed by atoms with Gasteiger partial charge in [0.25, 0.3) is 5.56 Å². The van der Waals surface area contributed by atoms with Gasteiger partial charge in [-0.25, -0.2) is 4.98 Å². The van der Waals surface area contributed by atoms with Crippen molar-refractivity contribution in [3.8, 4) is 0 Å². The summed E-state index contributed by atoms with van der Waals surface area (Å²) >= 11 is 7.64. The number of hydrogen-bond donors (Lipinski definition) is 1. The van der Waals surface area contributed by atoms with Crippen LogP contribution in [-0.2, 0) is 6.54 Å². The molecular weight excluding hydrogens is 366 g/mol. The Morgan fingerprint density at radius 2 is 1.88 bits per heavy atom. The van der Waals surface area contributed by atoms with Gasteiger partial charge in [0.2, 0.25) is 0 Å². The zero-order chi connectivity index (χ0) is 17.9. The Bertz CT molecular complexity index is 1090. The summed E-state index contributed by atoms with van der Waals surface area (Å²) in [5, 5.41) is 6.07. The number of halogens is 1. The minimum atomic E-state index is -0.0629. The van der Waals surface area contributed by atoms with Crippen LogP contribution in [-0.4, -0.2) is 9.38 Å². The van der Waals surface area contributed by atoms with Gasteiger partial charge in [0.15, 0.2) is 4.96 Å².